The summed E-state index contributed by atoms with van der Waals surface area (Å²) < 4.78 is 23.6. The maximum atomic E-state index is 12.6. The lowest BCUT2D eigenvalue weighted by Gasteiger charge is -2.15. The van der Waals surface area contributed by atoms with E-state index < -0.39 is 0 Å². The van der Waals surface area contributed by atoms with E-state index in [0.717, 1.165) is 16.3 Å². The van der Waals surface area contributed by atoms with Gasteiger partial charge in [0.2, 0.25) is 0 Å². The lowest BCUT2D eigenvalue weighted by atomic mass is 10.1. The fraction of sp³-hybridized carbons (Fsp3) is 0.161. The summed E-state index contributed by atoms with van der Waals surface area (Å²) in [7, 11) is 1.51. The molecule has 0 saturated heterocycles. The van der Waals surface area contributed by atoms with Crippen LogP contribution in [0.2, 0.25) is 0 Å². The second-order valence-electron chi connectivity index (χ2n) is 8.35. The van der Waals surface area contributed by atoms with E-state index in [1.54, 1.807) is 30.5 Å². The maximum absolute atomic E-state index is 12.6. The fourth-order valence-electron chi connectivity index (χ4n) is 3.94. The minimum absolute atomic E-state index is 0.332. The molecule has 8 heteroatoms. The number of methoxy groups -OCH3 is 1. The van der Waals surface area contributed by atoms with Crippen molar-refractivity contribution < 1.29 is 23.7 Å². The summed E-state index contributed by atoms with van der Waals surface area (Å²) in [5.41, 5.74) is 4.71. The van der Waals surface area contributed by atoms with E-state index in [2.05, 4.69) is 57.3 Å². The Morgan fingerprint density at radius 1 is 0.974 bits per heavy atom. The molecule has 0 saturated carbocycles. The standard InChI is InChI=1S/C31H29BrN2O5/c1-4-15-38-27-14-13-23(18-28(27)36-3)31(35)34-33-19-21-16-26(32)30(29(17-21)37-5-2)39-20-24-11-8-10-22-9-6-7-12-25(22)24/h4,6-14,16-19H,1,5,15,20H2,2-3H3,(H,34,35)/b33-19+. The third-order valence-electron chi connectivity index (χ3n) is 5.75. The first-order valence-corrected chi connectivity index (χ1v) is 13.1. The van der Waals surface area contributed by atoms with Gasteiger partial charge < -0.3 is 18.9 Å². The molecule has 0 bridgehead atoms. The van der Waals surface area contributed by atoms with Crippen LogP contribution >= 0.6 is 15.9 Å². The van der Waals surface area contributed by atoms with Crippen molar-refractivity contribution in [3.8, 4) is 23.0 Å². The molecule has 0 heterocycles. The summed E-state index contributed by atoms with van der Waals surface area (Å²) >= 11 is 3.60. The topological polar surface area (TPSA) is 78.4 Å². The highest BCUT2D eigenvalue weighted by Crippen LogP contribution is 2.37. The molecular weight excluding hydrogens is 560 g/mol. The number of fused-ring (bicyclic) bond motifs is 1. The Balaban J connectivity index is 1.47. The molecule has 0 aliphatic rings. The molecule has 4 aromatic rings. The largest absolute Gasteiger partial charge is 0.493 e. The van der Waals surface area contributed by atoms with Crippen LogP contribution in [0.4, 0.5) is 0 Å². The molecule has 4 rings (SSSR count). The molecule has 1 amide bonds. The zero-order chi connectivity index (χ0) is 27.6. The molecule has 200 valence electrons. The lowest BCUT2D eigenvalue weighted by molar-refractivity contribution is 0.0954. The Morgan fingerprint density at radius 3 is 2.59 bits per heavy atom. The highest BCUT2D eigenvalue weighted by molar-refractivity contribution is 9.10. The first kappa shape index (κ1) is 27.7. The van der Waals surface area contributed by atoms with Gasteiger partial charge in [-0.05, 0) is 75.1 Å². The number of halogens is 1. The van der Waals surface area contributed by atoms with E-state index in [1.165, 1.54) is 7.11 Å². The van der Waals surface area contributed by atoms with Crippen LogP contribution in [0, 0.1) is 0 Å². The van der Waals surface area contributed by atoms with Gasteiger partial charge >= 0.3 is 0 Å². The van der Waals surface area contributed by atoms with Gasteiger partial charge in [0.15, 0.2) is 23.0 Å². The first-order valence-electron chi connectivity index (χ1n) is 12.3. The fourth-order valence-corrected chi connectivity index (χ4v) is 4.51. The van der Waals surface area contributed by atoms with Gasteiger partial charge in [-0.25, -0.2) is 5.43 Å². The average molecular weight is 589 g/mol. The number of hydrazone groups is 1. The Labute approximate surface area is 236 Å². The molecule has 39 heavy (non-hydrogen) atoms. The van der Waals surface area contributed by atoms with Crippen LogP contribution < -0.4 is 24.4 Å². The van der Waals surface area contributed by atoms with Crippen LogP contribution in [0.5, 0.6) is 23.0 Å². The van der Waals surface area contributed by atoms with Gasteiger partial charge in [-0.3, -0.25) is 4.79 Å². The number of rotatable bonds is 12. The number of carbonyl (C=O) groups is 1. The molecule has 1 N–H and O–H groups in total. The van der Waals surface area contributed by atoms with Crippen LogP contribution in [0.25, 0.3) is 10.8 Å². The summed E-state index contributed by atoms with van der Waals surface area (Å²) in [5.74, 6) is 1.74. The van der Waals surface area contributed by atoms with E-state index in [9.17, 15) is 4.79 Å². The summed E-state index contributed by atoms with van der Waals surface area (Å²) in [5, 5.41) is 6.42. The predicted octanol–water partition coefficient (Wildman–Crippen LogP) is 6.92. The Bertz CT molecular complexity index is 1500. The summed E-state index contributed by atoms with van der Waals surface area (Å²) in [6.07, 6.45) is 3.17. The SMILES string of the molecule is C=CCOc1ccc(C(=O)N/N=C/c2cc(Br)c(OCc3cccc4ccccc34)c(OCC)c2)cc1OC. The smallest absolute Gasteiger partial charge is 0.271 e. The minimum Gasteiger partial charge on any atom is -0.493 e. The molecule has 0 aliphatic heterocycles. The summed E-state index contributed by atoms with van der Waals surface area (Å²) in [4.78, 5) is 12.6. The predicted molar refractivity (Wildman–Crippen MR) is 157 cm³/mol. The maximum Gasteiger partial charge on any atom is 0.271 e. The van der Waals surface area contributed by atoms with Crippen molar-refractivity contribution in [3.63, 3.8) is 0 Å². The molecule has 0 atom stereocenters. The molecule has 0 spiro atoms. The van der Waals surface area contributed by atoms with Crippen LogP contribution in [0.1, 0.15) is 28.4 Å². The second-order valence-corrected chi connectivity index (χ2v) is 9.21. The quantitative estimate of drug-likeness (QED) is 0.110. The molecule has 4 aromatic carbocycles. The van der Waals surface area contributed by atoms with E-state index in [4.69, 9.17) is 18.9 Å². The number of ether oxygens (including phenoxy) is 4. The van der Waals surface area contributed by atoms with Crippen LogP contribution in [0.3, 0.4) is 0 Å². The molecule has 7 nitrogen and oxygen atoms in total. The number of amides is 1. The van der Waals surface area contributed by atoms with Gasteiger partial charge in [-0.1, -0.05) is 55.1 Å². The highest BCUT2D eigenvalue weighted by Gasteiger charge is 2.14. The monoisotopic (exact) mass is 588 g/mol. The van der Waals surface area contributed by atoms with E-state index in [0.29, 0.717) is 58.4 Å². The molecule has 0 aliphatic carbocycles. The van der Waals surface area contributed by atoms with Gasteiger partial charge in [-0.2, -0.15) is 5.10 Å². The Hall–Kier alpha value is -4.30. The second kappa shape index (κ2) is 13.5. The summed E-state index contributed by atoms with van der Waals surface area (Å²) in [6.45, 7) is 6.71. The Morgan fingerprint density at radius 2 is 1.79 bits per heavy atom. The van der Waals surface area contributed by atoms with Crippen molar-refractivity contribution in [1.29, 1.82) is 0 Å². The molecule has 0 aromatic heterocycles. The van der Waals surface area contributed by atoms with Crippen molar-refractivity contribution in [2.45, 2.75) is 13.5 Å². The van der Waals surface area contributed by atoms with Crippen molar-refractivity contribution >= 4 is 38.8 Å². The van der Waals surface area contributed by atoms with E-state index in [-0.39, 0.29) is 5.91 Å². The zero-order valence-electron chi connectivity index (χ0n) is 21.8. The lowest BCUT2D eigenvalue weighted by Crippen LogP contribution is -2.17. The number of carbonyl (C=O) groups excluding carboxylic acids is 1. The van der Waals surface area contributed by atoms with Crippen molar-refractivity contribution in [2.24, 2.45) is 5.10 Å². The molecule has 0 unspecified atom stereocenters. The minimum atomic E-state index is -0.390. The van der Waals surface area contributed by atoms with Gasteiger partial charge in [0.25, 0.3) is 5.91 Å². The number of nitrogens with one attached hydrogen (secondary N) is 1. The van der Waals surface area contributed by atoms with E-state index in [1.807, 2.05) is 37.3 Å². The number of hydrogen-bond donors (Lipinski definition) is 1. The average Bonchev–Trinajstić information content (AvgIpc) is 2.95. The van der Waals surface area contributed by atoms with Gasteiger partial charge in [0.05, 0.1) is 24.4 Å². The Kier molecular flexibility index (Phi) is 9.58. The van der Waals surface area contributed by atoms with Crippen molar-refractivity contribution in [3.05, 3.63) is 107 Å². The van der Waals surface area contributed by atoms with Crippen molar-refractivity contribution in [2.75, 3.05) is 20.3 Å². The summed E-state index contributed by atoms with van der Waals surface area (Å²) in [6, 6.07) is 22.9. The first-order chi connectivity index (χ1) is 19.0. The van der Waals surface area contributed by atoms with Gasteiger partial charge in [-0.15, -0.1) is 0 Å². The van der Waals surface area contributed by atoms with E-state index >= 15 is 0 Å². The zero-order valence-corrected chi connectivity index (χ0v) is 23.4. The van der Waals surface area contributed by atoms with Crippen LogP contribution in [-0.2, 0) is 6.61 Å². The normalized spacial score (nSPS) is 10.8. The number of nitrogens with zero attached hydrogens (tertiary/aromatic N) is 1. The van der Waals surface area contributed by atoms with Crippen molar-refractivity contribution in [1.82, 2.24) is 5.43 Å². The number of benzene rings is 4. The van der Waals surface area contributed by atoms with Crippen LogP contribution in [-0.4, -0.2) is 32.4 Å². The molecule has 0 fully saturated rings. The molecular formula is C31H29BrN2O5. The highest BCUT2D eigenvalue weighted by atomic mass is 79.9. The molecule has 0 radical (unpaired) electrons. The third-order valence-corrected chi connectivity index (χ3v) is 6.33. The van der Waals surface area contributed by atoms with Crippen LogP contribution in [0.15, 0.2) is 95.0 Å². The number of hydrogen-bond acceptors (Lipinski definition) is 6. The third kappa shape index (κ3) is 6.97. The van der Waals surface area contributed by atoms with Gasteiger partial charge in [0, 0.05) is 5.56 Å². The van der Waals surface area contributed by atoms with Gasteiger partial charge in [0.1, 0.15) is 13.2 Å².